The lowest BCUT2D eigenvalue weighted by Crippen LogP contribution is -2.04. The minimum atomic E-state index is 0.261. The maximum Gasteiger partial charge on any atom is 0.129 e. The average Bonchev–Trinajstić information content (AvgIpc) is 2.26. The highest BCUT2D eigenvalue weighted by molar-refractivity contribution is 5.75. The van der Waals surface area contributed by atoms with E-state index in [1.807, 2.05) is 12.1 Å². The Kier molecular flexibility index (Phi) is 5.75. The van der Waals surface area contributed by atoms with Crippen LogP contribution in [0.3, 0.4) is 0 Å². The van der Waals surface area contributed by atoms with E-state index in [1.165, 1.54) is 5.56 Å². The van der Waals surface area contributed by atoms with Gasteiger partial charge in [-0.25, -0.2) is 0 Å². The van der Waals surface area contributed by atoms with Gasteiger partial charge in [-0.3, -0.25) is 0 Å². The second-order valence-electron chi connectivity index (χ2n) is 4.91. The zero-order valence-electron chi connectivity index (χ0n) is 11.0. The molecule has 0 aliphatic rings. The fourth-order valence-corrected chi connectivity index (χ4v) is 1.60. The molecule has 0 atom stereocenters. The quantitative estimate of drug-likeness (QED) is 0.720. The fraction of sp³-hybridized carbons (Fsp3) is 0.533. The molecule has 0 amide bonds. The monoisotopic (exact) mass is 234 g/mol. The summed E-state index contributed by atoms with van der Waals surface area (Å²) in [7, 11) is 0. The third-order valence-corrected chi connectivity index (χ3v) is 2.48. The largest absolute Gasteiger partial charge is 0.493 e. The second kappa shape index (κ2) is 7.10. The van der Waals surface area contributed by atoms with E-state index in [2.05, 4.69) is 26.0 Å². The molecule has 0 aliphatic carbocycles. The minimum absolute atomic E-state index is 0.261. The van der Waals surface area contributed by atoms with Gasteiger partial charge in [0.15, 0.2) is 0 Å². The zero-order valence-corrected chi connectivity index (χ0v) is 11.0. The van der Waals surface area contributed by atoms with Gasteiger partial charge in [-0.05, 0) is 43.4 Å². The van der Waals surface area contributed by atoms with Crippen LogP contribution in [0.2, 0.25) is 0 Å². The van der Waals surface area contributed by atoms with Crippen molar-refractivity contribution in [3.8, 4) is 5.75 Å². The van der Waals surface area contributed by atoms with Crippen molar-refractivity contribution in [3.63, 3.8) is 0 Å². The standard InChI is InChI=1S/C15H22O2/c1-12(2)11-17-15-9-5-8-14(10-15)7-4-6-13(3)16/h5,8-10,12H,4,6-7,11H2,1-3H3. The smallest absolute Gasteiger partial charge is 0.129 e. The number of benzene rings is 1. The topological polar surface area (TPSA) is 26.3 Å². The van der Waals surface area contributed by atoms with E-state index in [0.29, 0.717) is 12.3 Å². The summed E-state index contributed by atoms with van der Waals surface area (Å²) in [4.78, 5) is 10.9. The van der Waals surface area contributed by atoms with E-state index in [0.717, 1.165) is 25.2 Å². The van der Waals surface area contributed by atoms with Gasteiger partial charge in [0, 0.05) is 6.42 Å². The van der Waals surface area contributed by atoms with Crippen LogP contribution in [0.5, 0.6) is 5.75 Å². The molecule has 0 radical (unpaired) electrons. The van der Waals surface area contributed by atoms with Gasteiger partial charge in [-0.2, -0.15) is 0 Å². The number of carbonyl (C=O) groups is 1. The maximum absolute atomic E-state index is 10.9. The number of rotatable bonds is 7. The van der Waals surface area contributed by atoms with Crippen molar-refractivity contribution >= 4 is 5.78 Å². The fourth-order valence-electron chi connectivity index (χ4n) is 1.60. The lowest BCUT2D eigenvalue weighted by Gasteiger charge is -2.09. The highest BCUT2D eigenvalue weighted by atomic mass is 16.5. The molecule has 0 saturated heterocycles. The first kappa shape index (κ1) is 13.8. The van der Waals surface area contributed by atoms with E-state index in [-0.39, 0.29) is 5.78 Å². The molecule has 0 aliphatic heterocycles. The van der Waals surface area contributed by atoms with Crippen LogP contribution in [-0.4, -0.2) is 12.4 Å². The average molecular weight is 234 g/mol. The molecule has 1 aromatic rings. The Balaban J connectivity index is 2.45. The van der Waals surface area contributed by atoms with Gasteiger partial charge in [-0.15, -0.1) is 0 Å². The van der Waals surface area contributed by atoms with Crippen molar-refractivity contribution in [1.82, 2.24) is 0 Å². The van der Waals surface area contributed by atoms with E-state index in [1.54, 1.807) is 6.92 Å². The molecule has 2 nitrogen and oxygen atoms in total. The van der Waals surface area contributed by atoms with Crippen LogP contribution in [0.1, 0.15) is 39.2 Å². The summed E-state index contributed by atoms with van der Waals surface area (Å²) in [6.45, 7) is 6.66. The number of ether oxygens (including phenoxy) is 1. The third-order valence-electron chi connectivity index (χ3n) is 2.48. The molecule has 0 saturated carbocycles. The van der Waals surface area contributed by atoms with E-state index in [9.17, 15) is 4.79 Å². The van der Waals surface area contributed by atoms with Crippen molar-refractivity contribution in [1.29, 1.82) is 0 Å². The molecule has 17 heavy (non-hydrogen) atoms. The highest BCUT2D eigenvalue weighted by Gasteiger charge is 2.00. The number of hydrogen-bond acceptors (Lipinski definition) is 2. The Labute approximate surface area is 104 Å². The molecular weight excluding hydrogens is 212 g/mol. The Morgan fingerprint density at radius 2 is 2.12 bits per heavy atom. The lowest BCUT2D eigenvalue weighted by molar-refractivity contribution is -0.117. The van der Waals surface area contributed by atoms with Crippen molar-refractivity contribution in [2.45, 2.75) is 40.0 Å². The van der Waals surface area contributed by atoms with Crippen LogP contribution in [0.25, 0.3) is 0 Å². The number of ketones is 1. The Morgan fingerprint density at radius 3 is 2.76 bits per heavy atom. The van der Waals surface area contributed by atoms with Crippen LogP contribution >= 0.6 is 0 Å². The predicted octanol–water partition coefficient (Wildman–Crippen LogP) is 3.63. The van der Waals surface area contributed by atoms with Crippen LogP contribution in [0.15, 0.2) is 24.3 Å². The second-order valence-corrected chi connectivity index (χ2v) is 4.91. The summed E-state index contributed by atoms with van der Waals surface area (Å²) in [5, 5.41) is 0. The first-order valence-electron chi connectivity index (χ1n) is 6.29. The highest BCUT2D eigenvalue weighted by Crippen LogP contribution is 2.16. The molecular formula is C15H22O2. The number of aryl methyl sites for hydroxylation is 1. The van der Waals surface area contributed by atoms with Crippen molar-refractivity contribution in [2.75, 3.05) is 6.61 Å². The summed E-state index contributed by atoms with van der Waals surface area (Å²) in [6.07, 6.45) is 2.53. The van der Waals surface area contributed by atoms with Gasteiger partial charge in [0.25, 0.3) is 0 Å². The summed E-state index contributed by atoms with van der Waals surface area (Å²) in [5.41, 5.74) is 1.24. The molecule has 0 heterocycles. The number of carbonyl (C=O) groups excluding carboxylic acids is 1. The molecule has 0 aromatic heterocycles. The summed E-state index contributed by atoms with van der Waals surface area (Å²) < 4.78 is 5.67. The Morgan fingerprint density at radius 1 is 1.35 bits per heavy atom. The van der Waals surface area contributed by atoms with Crippen molar-refractivity contribution in [2.24, 2.45) is 5.92 Å². The lowest BCUT2D eigenvalue weighted by atomic mass is 10.1. The van der Waals surface area contributed by atoms with E-state index >= 15 is 0 Å². The first-order valence-corrected chi connectivity index (χ1v) is 6.29. The van der Waals surface area contributed by atoms with E-state index < -0.39 is 0 Å². The molecule has 2 heteroatoms. The Hall–Kier alpha value is -1.31. The third kappa shape index (κ3) is 6.10. The molecule has 0 unspecified atom stereocenters. The predicted molar refractivity (Wildman–Crippen MR) is 70.4 cm³/mol. The van der Waals surface area contributed by atoms with Gasteiger partial charge in [0.05, 0.1) is 6.61 Å². The molecule has 1 aromatic carbocycles. The molecule has 1 rings (SSSR count). The molecule has 0 fully saturated rings. The van der Waals surface area contributed by atoms with Crippen LogP contribution < -0.4 is 4.74 Å². The van der Waals surface area contributed by atoms with E-state index in [4.69, 9.17) is 4.74 Å². The molecule has 0 bridgehead atoms. The summed E-state index contributed by atoms with van der Waals surface area (Å²) in [5.74, 6) is 1.73. The first-order chi connectivity index (χ1) is 8.08. The van der Waals surface area contributed by atoms with Crippen LogP contribution in [0, 0.1) is 5.92 Å². The number of hydrogen-bond donors (Lipinski definition) is 0. The zero-order chi connectivity index (χ0) is 12.7. The molecule has 0 N–H and O–H groups in total. The Bertz CT molecular complexity index is 356. The maximum atomic E-state index is 10.9. The van der Waals surface area contributed by atoms with Gasteiger partial charge in [-0.1, -0.05) is 26.0 Å². The molecule has 0 spiro atoms. The van der Waals surface area contributed by atoms with Crippen LogP contribution in [-0.2, 0) is 11.2 Å². The molecule has 94 valence electrons. The van der Waals surface area contributed by atoms with Crippen molar-refractivity contribution < 1.29 is 9.53 Å². The summed E-state index contributed by atoms with van der Waals surface area (Å²) in [6, 6.07) is 8.15. The van der Waals surface area contributed by atoms with Gasteiger partial charge in [0.1, 0.15) is 11.5 Å². The number of Topliss-reactive ketones (excluding diaryl/α,β-unsaturated/α-hetero) is 1. The normalized spacial score (nSPS) is 10.6. The van der Waals surface area contributed by atoms with Crippen molar-refractivity contribution in [3.05, 3.63) is 29.8 Å². The van der Waals surface area contributed by atoms with Gasteiger partial charge >= 0.3 is 0 Å². The minimum Gasteiger partial charge on any atom is -0.493 e. The summed E-state index contributed by atoms with van der Waals surface area (Å²) >= 11 is 0. The van der Waals surface area contributed by atoms with Gasteiger partial charge in [0.2, 0.25) is 0 Å². The van der Waals surface area contributed by atoms with Crippen LogP contribution in [0.4, 0.5) is 0 Å². The SMILES string of the molecule is CC(=O)CCCc1cccc(OCC(C)C)c1. The van der Waals surface area contributed by atoms with Gasteiger partial charge < -0.3 is 9.53 Å².